The van der Waals surface area contributed by atoms with E-state index in [0.29, 0.717) is 39.2 Å². The van der Waals surface area contributed by atoms with Crippen LogP contribution in [0, 0.1) is 0 Å². The molecule has 1 amide bonds. The number of amides is 1. The molecule has 1 aliphatic heterocycles. The molecule has 1 fully saturated rings. The molecule has 0 saturated carbocycles. The van der Waals surface area contributed by atoms with E-state index in [2.05, 4.69) is 4.98 Å². The second-order valence-electron chi connectivity index (χ2n) is 7.01. The summed E-state index contributed by atoms with van der Waals surface area (Å²) in [7, 11) is 0. The lowest BCUT2D eigenvalue weighted by atomic mass is 9.95. The number of carbonyl (C=O) groups excluding carboxylic acids is 2. The molecule has 1 saturated heterocycles. The number of ether oxygens (including phenoxy) is 1. The van der Waals surface area contributed by atoms with Gasteiger partial charge in [0.25, 0.3) is 11.7 Å². The van der Waals surface area contributed by atoms with Crippen LogP contribution in [0.3, 0.4) is 0 Å². The van der Waals surface area contributed by atoms with Crippen LogP contribution in [0.2, 0.25) is 10.0 Å². The fourth-order valence-corrected chi connectivity index (χ4v) is 4.01. The molecule has 6 nitrogen and oxygen atoms in total. The first-order chi connectivity index (χ1) is 15.4. The second kappa shape index (κ2) is 9.02. The predicted octanol–water partition coefficient (Wildman–Crippen LogP) is 5.41. The van der Waals surface area contributed by atoms with Gasteiger partial charge in [0.2, 0.25) is 0 Å². The third kappa shape index (κ3) is 3.95. The summed E-state index contributed by atoms with van der Waals surface area (Å²) in [5, 5.41) is 12.0. The predicted molar refractivity (Wildman–Crippen MR) is 123 cm³/mol. The average Bonchev–Trinajstić information content (AvgIpc) is 3.06. The zero-order valence-electron chi connectivity index (χ0n) is 17.0. The number of hydrogen-bond donors (Lipinski definition) is 1. The van der Waals surface area contributed by atoms with Crippen molar-refractivity contribution in [3.05, 3.63) is 93.7 Å². The molecule has 1 aliphatic rings. The Morgan fingerprint density at radius 3 is 2.53 bits per heavy atom. The van der Waals surface area contributed by atoms with Gasteiger partial charge in [0.15, 0.2) is 0 Å². The smallest absolute Gasteiger partial charge is 0.300 e. The Labute approximate surface area is 194 Å². The molecular weight excluding hydrogens is 451 g/mol. The van der Waals surface area contributed by atoms with Crippen molar-refractivity contribution in [1.82, 2.24) is 4.98 Å². The number of rotatable bonds is 5. The summed E-state index contributed by atoms with van der Waals surface area (Å²) >= 11 is 12.3. The minimum absolute atomic E-state index is 0.0500. The van der Waals surface area contributed by atoms with Gasteiger partial charge >= 0.3 is 0 Å². The van der Waals surface area contributed by atoms with Crippen LogP contribution in [-0.2, 0) is 9.59 Å². The van der Waals surface area contributed by atoms with Gasteiger partial charge < -0.3 is 9.84 Å². The lowest BCUT2D eigenvalue weighted by Crippen LogP contribution is -2.29. The van der Waals surface area contributed by atoms with E-state index in [0.717, 1.165) is 0 Å². The molecule has 2 heterocycles. The second-order valence-corrected chi connectivity index (χ2v) is 7.85. The molecule has 162 valence electrons. The Kier molecular flexibility index (Phi) is 6.17. The number of pyridine rings is 1. The van der Waals surface area contributed by atoms with E-state index >= 15 is 0 Å². The van der Waals surface area contributed by atoms with Crippen molar-refractivity contribution in [2.24, 2.45) is 0 Å². The highest BCUT2D eigenvalue weighted by Gasteiger charge is 2.47. The molecule has 32 heavy (non-hydrogen) atoms. The standard InChI is InChI=1S/C24H18Cl2N2O4/c1-2-32-19-12-15(6-7-18(19)26)22(29)20-21(14-8-10-27-11-9-14)28(24(31)23(20)30)17-5-3-4-16(25)13-17/h3-13,21,29H,2H2,1H3/b22-20+. The summed E-state index contributed by atoms with van der Waals surface area (Å²) in [6.45, 7) is 2.18. The molecule has 0 aliphatic carbocycles. The van der Waals surface area contributed by atoms with Gasteiger partial charge in [-0.25, -0.2) is 0 Å². The van der Waals surface area contributed by atoms with Gasteiger partial charge in [0.05, 0.1) is 23.2 Å². The molecule has 0 spiro atoms. The van der Waals surface area contributed by atoms with Crippen LogP contribution in [0.1, 0.15) is 24.1 Å². The first-order valence-electron chi connectivity index (χ1n) is 9.81. The number of ketones is 1. The maximum absolute atomic E-state index is 13.1. The van der Waals surface area contributed by atoms with Crippen molar-refractivity contribution < 1.29 is 19.4 Å². The summed E-state index contributed by atoms with van der Waals surface area (Å²) in [6, 6.07) is 13.8. The average molecular weight is 469 g/mol. The van der Waals surface area contributed by atoms with E-state index in [4.69, 9.17) is 27.9 Å². The van der Waals surface area contributed by atoms with Crippen LogP contribution in [-0.4, -0.2) is 28.4 Å². The molecule has 1 atom stereocenters. The zero-order valence-corrected chi connectivity index (χ0v) is 18.5. The molecule has 0 bridgehead atoms. The highest BCUT2D eigenvalue weighted by Crippen LogP contribution is 2.43. The summed E-state index contributed by atoms with van der Waals surface area (Å²) in [4.78, 5) is 31.6. The van der Waals surface area contributed by atoms with Crippen LogP contribution in [0.15, 0.2) is 72.6 Å². The Bertz CT molecular complexity index is 1230. The third-order valence-corrected chi connectivity index (χ3v) is 5.60. The number of anilines is 1. The number of aliphatic hydroxyl groups excluding tert-OH is 1. The molecule has 3 aromatic rings. The maximum atomic E-state index is 13.1. The van der Waals surface area contributed by atoms with E-state index < -0.39 is 17.7 Å². The quantitative estimate of drug-likeness (QED) is 0.307. The summed E-state index contributed by atoms with van der Waals surface area (Å²) in [5.74, 6) is -1.54. The van der Waals surface area contributed by atoms with Gasteiger partial charge in [-0.3, -0.25) is 19.5 Å². The number of aliphatic hydroxyl groups is 1. The van der Waals surface area contributed by atoms with Gasteiger partial charge in [-0.05, 0) is 61.0 Å². The van der Waals surface area contributed by atoms with Crippen LogP contribution >= 0.6 is 23.2 Å². The Morgan fingerprint density at radius 1 is 1.09 bits per heavy atom. The topological polar surface area (TPSA) is 79.7 Å². The van der Waals surface area contributed by atoms with Crippen molar-refractivity contribution in [3.8, 4) is 5.75 Å². The summed E-state index contributed by atoms with van der Waals surface area (Å²) in [6.07, 6.45) is 3.12. The normalized spacial score (nSPS) is 17.6. The minimum Gasteiger partial charge on any atom is -0.507 e. The van der Waals surface area contributed by atoms with Crippen molar-refractivity contribution in [2.45, 2.75) is 13.0 Å². The van der Waals surface area contributed by atoms with Crippen molar-refractivity contribution in [2.75, 3.05) is 11.5 Å². The van der Waals surface area contributed by atoms with E-state index in [-0.39, 0.29) is 11.3 Å². The van der Waals surface area contributed by atoms with Crippen molar-refractivity contribution in [1.29, 1.82) is 0 Å². The largest absolute Gasteiger partial charge is 0.507 e. The van der Waals surface area contributed by atoms with Gasteiger partial charge in [-0.1, -0.05) is 29.3 Å². The lowest BCUT2D eigenvalue weighted by Gasteiger charge is -2.25. The number of halogens is 2. The zero-order chi connectivity index (χ0) is 22.8. The fraction of sp³-hybridized carbons (Fsp3) is 0.125. The molecule has 2 aromatic carbocycles. The highest BCUT2D eigenvalue weighted by atomic mass is 35.5. The molecule has 1 aromatic heterocycles. The highest BCUT2D eigenvalue weighted by molar-refractivity contribution is 6.51. The number of aromatic nitrogens is 1. The third-order valence-electron chi connectivity index (χ3n) is 5.06. The number of nitrogens with zero attached hydrogens (tertiary/aromatic N) is 2. The number of benzene rings is 2. The van der Waals surface area contributed by atoms with Crippen LogP contribution in [0.4, 0.5) is 5.69 Å². The Hall–Kier alpha value is -3.35. The van der Waals surface area contributed by atoms with Crippen molar-refractivity contribution >= 4 is 46.3 Å². The van der Waals surface area contributed by atoms with E-state index in [9.17, 15) is 14.7 Å². The van der Waals surface area contributed by atoms with Gasteiger partial charge in [0, 0.05) is 28.7 Å². The minimum atomic E-state index is -0.873. The molecule has 1 N–H and O–H groups in total. The summed E-state index contributed by atoms with van der Waals surface area (Å²) < 4.78 is 5.50. The van der Waals surface area contributed by atoms with Crippen molar-refractivity contribution in [3.63, 3.8) is 0 Å². The Morgan fingerprint density at radius 2 is 1.84 bits per heavy atom. The molecule has 0 radical (unpaired) electrons. The first-order valence-corrected chi connectivity index (χ1v) is 10.6. The summed E-state index contributed by atoms with van der Waals surface area (Å²) in [5.41, 5.74) is 1.30. The molecule has 4 rings (SSSR count). The maximum Gasteiger partial charge on any atom is 0.300 e. The van der Waals surface area contributed by atoms with Crippen LogP contribution in [0.5, 0.6) is 5.75 Å². The lowest BCUT2D eigenvalue weighted by molar-refractivity contribution is -0.132. The monoisotopic (exact) mass is 468 g/mol. The van der Waals surface area contributed by atoms with Crippen LogP contribution in [0.25, 0.3) is 5.76 Å². The number of carbonyl (C=O) groups is 2. The first kappa shape index (κ1) is 21.9. The molecule has 1 unspecified atom stereocenters. The number of Topliss-reactive ketones (excluding diaryl/α,β-unsaturated/α-hetero) is 1. The molecule has 8 heteroatoms. The van der Waals surface area contributed by atoms with Gasteiger partial charge in [-0.2, -0.15) is 0 Å². The fourth-order valence-electron chi connectivity index (χ4n) is 3.66. The van der Waals surface area contributed by atoms with E-state index in [1.54, 1.807) is 60.9 Å². The van der Waals surface area contributed by atoms with Gasteiger partial charge in [-0.15, -0.1) is 0 Å². The molecular formula is C24H18Cl2N2O4. The van der Waals surface area contributed by atoms with Crippen LogP contribution < -0.4 is 9.64 Å². The van der Waals surface area contributed by atoms with E-state index in [1.807, 2.05) is 6.92 Å². The number of hydrogen-bond acceptors (Lipinski definition) is 5. The Balaban J connectivity index is 1.93. The van der Waals surface area contributed by atoms with E-state index in [1.165, 1.54) is 11.0 Å². The SMILES string of the molecule is CCOc1cc(/C(O)=C2\C(=O)C(=O)N(c3cccc(Cl)c3)C2c2ccncc2)ccc1Cl. The van der Waals surface area contributed by atoms with Gasteiger partial charge in [0.1, 0.15) is 11.5 Å².